The number of nitrogens with zero attached hydrogens (tertiary/aromatic N) is 1. The quantitative estimate of drug-likeness (QED) is 0.152. The number of rotatable bonds is 10. The van der Waals surface area contributed by atoms with E-state index in [1.807, 2.05) is 0 Å². The maximum atomic E-state index is 12.7. The molecule has 0 atom stereocenters. The van der Waals surface area contributed by atoms with Gasteiger partial charge in [-0.25, -0.2) is 21.6 Å². The third-order valence-corrected chi connectivity index (χ3v) is 7.54. The predicted molar refractivity (Wildman–Crippen MR) is 117 cm³/mol. The average molecular weight is 455 g/mol. The smallest absolute Gasteiger partial charge is 0.264 e. The van der Waals surface area contributed by atoms with Crippen molar-refractivity contribution < 1.29 is 16.8 Å². The van der Waals surface area contributed by atoms with Crippen molar-refractivity contribution in [3.8, 4) is 0 Å². The normalized spacial score (nSPS) is 11.8. The lowest BCUT2D eigenvalue weighted by Gasteiger charge is -2.20. The number of anilines is 2. The van der Waals surface area contributed by atoms with E-state index in [2.05, 4.69) is 10.0 Å². The number of hydrogen-bond acceptors (Lipinski definition) is 6. The molecule has 0 amide bonds. The van der Waals surface area contributed by atoms with Gasteiger partial charge in [-0.05, 0) is 61.4 Å². The van der Waals surface area contributed by atoms with E-state index >= 15 is 0 Å². The van der Waals surface area contributed by atoms with Gasteiger partial charge in [0.25, 0.3) is 10.0 Å². The van der Waals surface area contributed by atoms with Crippen LogP contribution in [0.25, 0.3) is 0 Å². The fourth-order valence-corrected chi connectivity index (χ4v) is 4.80. The van der Waals surface area contributed by atoms with Gasteiger partial charge >= 0.3 is 0 Å². The minimum Gasteiger partial charge on any atom is -0.399 e. The second-order valence-electron chi connectivity index (χ2n) is 6.48. The zero-order valence-corrected chi connectivity index (χ0v) is 18.1. The van der Waals surface area contributed by atoms with Crippen LogP contribution in [0.15, 0.2) is 58.3 Å². The van der Waals surface area contributed by atoms with E-state index in [-0.39, 0.29) is 22.3 Å². The van der Waals surface area contributed by atoms with E-state index in [4.69, 9.17) is 16.9 Å². The van der Waals surface area contributed by atoms with Crippen LogP contribution in [0.5, 0.6) is 0 Å². The molecule has 2 aromatic rings. The highest BCUT2D eigenvalue weighted by atomic mass is 32.2. The van der Waals surface area contributed by atoms with Gasteiger partial charge in [-0.3, -0.25) is 9.71 Å². The Labute approximate surface area is 176 Å². The molecule has 7 N–H and O–H groups in total. The van der Waals surface area contributed by atoms with Crippen molar-refractivity contribution in [2.45, 2.75) is 22.6 Å². The molecule has 12 heteroatoms. The van der Waals surface area contributed by atoms with Gasteiger partial charge in [-0.2, -0.15) is 0 Å². The number of unbranched alkanes of at least 4 members (excludes halogenated alkanes) is 1. The van der Waals surface area contributed by atoms with Gasteiger partial charge < -0.3 is 16.8 Å². The van der Waals surface area contributed by atoms with Crippen LogP contribution < -0.4 is 25.8 Å². The second-order valence-corrected chi connectivity index (χ2v) is 10.2. The van der Waals surface area contributed by atoms with Crippen molar-refractivity contribution in [2.24, 2.45) is 5.73 Å². The molecule has 0 bridgehead atoms. The monoisotopic (exact) mass is 454 g/mol. The van der Waals surface area contributed by atoms with Gasteiger partial charge in [0.1, 0.15) is 0 Å². The molecule has 10 nitrogen and oxygen atoms in total. The molecule has 2 rings (SSSR count). The van der Waals surface area contributed by atoms with Gasteiger partial charge in [0.15, 0.2) is 5.96 Å². The van der Waals surface area contributed by atoms with E-state index in [0.717, 1.165) is 4.31 Å². The van der Waals surface area contributed by atoms with E-state index in [0.29, 0.717) is 30.8 Å². The molecule has 0 aliphatic heterocycles. The van der Waals surface area contributed by atoms with Crippen molar-refractivity contribution in [1.82, 2.24) is 10.0 Å². The molecule has 0 spiro atoms. The molecule has 0 saturated carbocycles. The third-order valence-electron chi connectivity index (χ3n) is 4.26. The van der Waals surface area contributed by atoms with Crippen LogP contribution in [0, 0.1) is 5.41 Å². The minimum atomic E-state index is -3.80. The first-order chi connectivity index (χ1) is 14.0. The fraction of sp³-hybridized carbons (Fsp3) is 0.278. The molecule has 0 fully saturated rings. The molecule has 0 heterocycles. The van der Waals surface area contributed by atoms with Crippen molar-refractivity contribution in [3.63, 3.8) is 0 Å². The maximum Gasteiger partial charge on any atom is 0.264 e. The van der Waals surface area contributed by atoms with Crippen molar-refractivity contribution >= 4 is 37.4 Å². The van der Waals surface area contributed by atoms with Gasteiger partial charge in [0, 0.05) is 25.8 Å². The summed E-state index contributed by atoms with van der Waals surface area (Å²) in [5.74, 6) is -0.126. The van der Waals surface area contributed by atoms with Crippen molar-refractivity contribution in [2.75, 3.05) is 30.2 Å². The van der Waals surface area contributed by atoms with Crippen LogP contribution in [0.1, 0.15) is 12.8 Å². The Morgan fingerprint density at radius 2 is 1.47 bits per heavy atom. The lowest BCUT2D eigenvalue weighted by atomic mass is 10.3. The Morgan fingerprint density at radius 3 is 2.03 bits per heavy atom. The Morgan fingerprint density at radius 1 is 0.933 bits per heavy atom. The summed E-state index contributed by atoms with van der Waals surface area (Å²) in [7, 11) is -6.13. The second kappa shape index (κ2) is 9.78. The summed E-state index contributed by atoms with van der Waals surface area (Å²) in [4.78, 5) is 0.114. The third kappa shape index (κ3) is 6.08. The van der Waals surface area contributed by atoms with E-state index < -0.39 is 20.0 Å². The molecule has 2 aromatic carbocycles. The fourth-order valence-electron chi connectivity index (χ4n) is 2.53. The Hall–Kier alpha value is -2.83. The number of benzene rings is 2. The molecule has 0 aliphatic rings. The van der Waals surface area contributed by atoms with Crippen LogP contribution in [-0.4, -0.2) is 42.9 Å². The predicted octanol–water partition coefficient (Wildman–Crippen LogP) is 0.635. The minimum absolute atomic E-state index is 0.0337. The number of guanidine groups is 1. The first kappa shape index (κ1) is 23.4. The Balaban J connectivity index is 2.02. The van der Waals surface area contributed by atoms with Crippen LogP contribution in [-0.2, 0) is 20.0 Å². The number of nitrogens with two attached hydrogens (primary N) is 2. The Bertz CT molecular complexity index is 1070. The van der Waals surface area contributed by atoms with Crippen LogP contribution >= 0.6 is 0 Å². The molecule has 30 heavy (non-hydrogen) atoms. The molecule has 0 aromatic heterocycles. The number of nitrogen functional groups attached to an aromatic ring is 1. The number of nitrogens with one attached hydrogen (secondary N) is 3. The highest BCUT2D eigenvalue weighted by molar-refractivity contribution is 7.92. The molecular formula is C18H26N6O4S2. The van der Waals surface area contributed by atoms with E-state index in [1.165, 1.54) is 55.6 Å². The highest BCUT2D eigenvalue weighted by Gasteiger charge is 2.22. The zero-order valence-electron chi connectivity index (χ0n) is 16.5. The van der Waals surface area contributed by atoms with Gasteiger partial charge in [-0.15, -0.1) is 0 Å². The summed E-state index contributed by atoms with van der Waals surface area (Å²) in [5, 5.41) is 9.68. The topological polar surface area (TPSA) is 171 Å². The van der Waals surface area contributed by atoms with Crippen molar-refractivity contribution in [1.29, 1.82) is 5.41 Å². The summed E-state index contributed by atoms with van der Waals surface area (Å²) in [6.07, 6.45) is 1.22. The van der Waals surface area contributed by atoms with Crippen LogP contribution in [0.3, 0.4) is 0 Å². The first-order valence-electron chi connectivity index (χ1n) is 9.06. The van der Waals surface area contributed by atoms with Crippen LogP contribution in [0.2, 0.25) is 0 Å². The van der Waals surface area contributed by atoms with Crippen LogP contribution in [0.4, 0.5) is 11.4 Å². The summed E-state index contributed by atoms with van der Waals surface area (Å²) in [5.41, 5.74) is 11.5. The molecule has 0 unspecified atom stereocenters. The summed E-state index contributed by atoms with van der Waals surface area (Å²) < 4.78 is 53.8. The standard InChI is InChI=1S/C18H26N6O4S2/c1-24(30(27,28)17-8-4-14(19)5-9-17)15-6-10-16(11-7-15)29(25,26)23-13-3-2-12-22-18(20)21/h4-11,23H,2-3,12-13,19H2,1H3,(H4,20,21,22). The van der Waals surface area contributed by atoms with Gasteiger partial charge in [-0.1, -0.05) is 0 Å². The lowest BCUT2D eigenvalue weighted by molar-refractivity contribution is 0.576. The molecule has 0 aliphatic carbocycles. The van der Waals surface area contributed by atoms with Gasteiger partial charge in [0.2, 0.25) is 10.0 Å². The van der Waals surface area contributed by atoms with E-state index in [1.54, 1.807) is 0 Å². The summed E-state index contributed by atoms with van der Waals surface area (Å²) in [6, 6.07) is 11.4. The molecular weight excluding hydrogens is 428 g/mol. The lowest BCUT2D eigenvalue weighted by Crippen LogP contribution is -2.31. The Kier molecular flexibility index (Phi) is 7.65. The SMILES string of the molecule is CN(c1ccc(S(=O)(=O)NCCCCNC(=N)N)cc1)S(=O)(=O)c1ccc(N)cc1. The molecule has 164 valence electrons. The summed E-state index contributed by atoms with van der Waals surface area (Å²) >= 11 is 0. The highest BCUT2D eigenvalue weighted by Crippen LogP contribution is 2.24. The molecule has 0 radical (unpaired) electrons. The first-order valence-corrected chi connectivity index (χ1v) is 12.0. The zero-order chi connectivity index (χ0) is 22.4. The van der Waals surface area contributed by atoms with Crippen molar-refractivity contribution in [3.05, 3.63) is 48.5 Å². The van der Waals surface area contributed by atoms with Gasteiger partial charge in [0.05, 0.1) is 15.5 Å². The summed E-state index contributed by atoms with van der Waals surface area (Å²) in [6.45, 7) is 0.718. The maximum absolute atomic E-state index is 12.7. The number of hydrogen-bond donors (Lipinski definition) is 5. The molecule has 0 saturated heterocycles. The average Bonchev–Trinajstić information content (AvgIpc) is 2.70. The number of sulfonamides is 2. The largest absolute Gasteiger partial charge is 0.399 e. The van der Waals surface area contributed by atoms with E-state index in [9.17, 15) is 16.8 Å².